The van der Waals surface area contributed by atoms with E-state index in [0.717, 1.165) is 0 Å². The van der Waals surface area contributed by atoms with E-state index in [1.54, 1.807) is 0 Å². The van der Waals surface area contributed by atoms with Gasteiger partial charge >= 0.3 is 5.97 Å². The van der Waals surface area contributed by atoms with Gasteiger partial charge in [-0.05, 0) is 5.92 Å². The summed E-state index contributed by atoms with van der Waals surface area (Å²) in [5.74, 6) is 0.416. The molecule has 0 aromatic carbocycles. The molecule has 2 nitrogen and oxygen atoms in total. The molecule has 0 amide bonds. The van der Waals surface area contributed by atoms with Crippen LogP contribution in [-0.4, -0.2) is 23.8 Å². The number of rotatable bonds is 5. The van der Waals surface area contributed by atoms with E-state index in [1.165, 1.54) is 0 Å². The number of carbonyl (C=O) groups is 1. The lowest BCUT2D eigenvalue weighted by molar-refractivity contribution is -0.144. The Labute approximate surface area is 83.2 Å². The smallest absolute Gasteiger partial charge is 0.306 e. The third kappa shape index (κ3) is 6.74. The Balaban J connectivity index is 3.44. The zero-order valence-corrected chi connectivity index (χ0v) is 8.86. The largest absolute Gasteiger partial charge is 0.464 e. The van der Waals surface area contributed by atoms with Gasteiger partial charge in [0.1, 0.15) is 6.61 Å². The van der Waals surface area contributed by atoms with E-state index < -0.39 is 0 Å². The van der Waals surface area contributed by atoms with Crippen LogP contribution in [0.4, 0.5) is 0 Å². The van der Waals surface area contributed by atoms with Gasteiger partial charge in [-0.1, -0.05) is 13.8 Å². The van der Waals surface area contributed by atoms with Crippen LogP contribution >= 0.6 is 23.2 Å². The second-order valence-electron chi connectivity index (χ2n) is 3.03. The maximum Gasteiger partial charge on any atom is 0.306 e. The van der Waals surface area contributed by atoms with Crippen molar-refractivity contribution in [1.29, 1.82) is 0 Å². The Morgan fingerprint density at radius 2 is 2.08 bits per heavy atom. The van der Waals surface area contributed by atoms with Crippen LogP contribution in [0.3, 0.4) is 0 Å². The Morgan fingerprint density at radius 3 is 2.50 bits per heavy atom. The number of esters is 1. The molecule has 4 heteroatoms. The van der Waals surface area contributed by atoms with Gasteiger partial charge in [0.2, 0.25) is 0 Å². The summed E-state index contributed by atoms with van der Waals surface area (Å²) < 4.78 is 4.85. The Kier molecular flexibility index (Phi) is 6.58. The number of halogens is 2. The van der Waals surface area contributed by atoms with Gasteiger partial charge in [0.05, 0.1) is 5.38 Å². The van der Waals surface area contributed by atoms with Gasteiger partial charge in [-0.2, -0.15) is 0 Å². The highest BCUT2D eigenvalue weighted by molar-refractivity contribution is 6.28. The molecule has 0 rings (SSSR count). The molecule has 0 aromatic rings. The first-order valence-electron chi connectivity index (χ1n) is 3.92. The van der Waals surface area contributed by atoms with E-state index >= 15 is 0 Å². The van der Waals surface area contributed by atoms with Gasteiger partial charge in [0.25, 0.3) is 0 Å². The van der Waals surface area contributed by atoms with Crippen LogP contribution in [0.15, 0.2) is 0 Å². The molecule has 0 heterocycles. The average molecular weight is 213 g/mol. The second-order valence-corrected chi connectivity index (χ2v) is 3.96. The molecule has 0 saturated heterocycles. The van der Waals surface area contributed by atoms with Gasteiger partial charge in [-0.3, -0.25) is 4.79 Å². The fraction of sp³-hybridized carbons (Fsp3) is 0.875. The summed E-state index contributed by atoms with van der Waals surface area (Å²) in [4.78, 5) is 10.9. The monoisotopic (exact) mass is 212 g/mol. The van der Waals surface area contributed by atoms with Crippen LogP contribution < -0.4 is 0 Å². The van der Waals surface area contributed by atoms with Crippen molar-refractivity contribution in [3.8, 4) is 0 Å². The van der Waals surface area contributed by atoms with Crippen molar-refractivity contribution in [2.24, 2.45) is 5.92 Å². The topological polar surface area (TPSA) is 26.3 Å². The number of alkyl halides is 2. The van der Waals surface area contributed by atoms with Gasteiger partial charge in [-0.25, -0.2) is 0 Å². The quantitative estimate of drug-likeness (QED) is 0.517. The van der Waals surface area contributed by atoms with Crippen LogP contribution in [0.25, 0.3) is 0 Å². The highest BCUT2D eigenvalue weighted by Crippen LogP contribution is 2.04. The van der Waals surface area contributed by atoms with Crippen LogP contribution in [0.5, 0.6) is 0 Å². The standard InChI is InChI=1S/C8H14Cl2O2/c1-6(2)3-8(11)12-5-7(10)4-9/h6-7H,3-5H2,1-2H3. The molecule has 72 valence electrons. The van der Waals surface area contributed by atoms with Crippen molar-refractivity contribution in [2.75, 3.05) is 12.5 Å². The van der Waals surface area contributed by atoms with Gasteiger partial charge < -0.3 is 4.74 Å². The minimum Gasteiger partial charge on any atom is -0.464 e. The zero-order chi connectivity index (χ0) is 9.56. The van der Waals surface area contributed by atoms with Gasteiger partial charge in [0.15, 0.2) is 0 Å². The summed E-state index contributed by atoms with van der Waals surface area (Å²) in [5, 5.41) is -0.275. The van der Waals surface area contributed by atoms with Crippen molar-refractivity contribution < 1.29 is 9.53 Å². The highest BCUT2D eigenvalue weighted by atomic mass is 35.5. The maximum atomic E-state index is 10.9. The molecule has 0 spiro atoms. The van der Waals surface area contributed by atoms with E-state index in [9.17, 15) is 4.79 Å². The minimum atomic E-state index is -0.275. The lowest BCUT2D eigenvalue weighted by Gasteiger charge is -2.08. The number of hydrogen-bond donors (Lipinski definition) is 0. The zero-order valence-electron chi connectivity index (χ0n) is 7.35. The maximum absolute atomic E-state index is 10.9. The Morgan fingerprint density at radius 1 is 1.50 bits per heavy atom. The van der Waals surface area contributed by atoms with Gasteiger partial charge in [-0.15, -0.1) is 23.2 Å². The Bertz CT molecular complexity index is 137. The molecule has 1 atom stereocenters. The number of hydrogen-bond acceptors (Lipinski definition) is 2. The molecule has 1 unspecified atom stereocenters. The molecule has 0 aliphatic heterocycles. The highest BCUT2D eigenvalue weighted by Gasteiger charge is 2.09. The van der Waals surface area contributed by atoms with E-state index in [1.807, 2.05) is 13.8 Å². The molecule has 0 fully saturated rings. The number of ether oxygens (including phenoxy) is 1. The predicted molar refractivity (Wildman–Crippen MR) is 50.8 cm³/mol. The summed E-state index contributed by atoms with van der Waals surface area (Å²) in [6, 6.07) is 0. The van der Waals surface area contributed by atoms with Crippen LogP contribution in [0, 0.1) is 5.92 Å². The molecular weight excluding hydrogens is 199 g/mol. The van der Waals surface area contributed by atoms with E-state index in [0.29, 0.717) is 18.2 Å². The summed E-state index contributed by atoms with van der Waals surface area (Å²) in [6.07, 6.45) is 0.436. The van der Waals surface area contributed by atoms with Crippen molar-refractivity contribution in [3.63, 3.8) is 0 Å². The normalized spacial score (nSPS) is 13.1. The molecule has 0 aliphatic rings. The lowest BCUT2D eigenvalue weighted by Crippen LogP contribution is -2.16. The molecule has 0 radical (unpaired) electrons. The van der Waals surface area contributed by atoms with E-state index in [4.69, 9.17) is 27.9 Å². The first-order valence-corrected chi connectivity index (χ1v) is 4.89. The predicted octanol–water partition coefficient (Wildman–Crippen LogP) is 2.42. The summed E-state index contributed by atoms with van der Waals surface area (Å²) in [5.41, 5.74) is 0. The van der Waals surface area contributed by atoms with Crippen molar-refractivity contribution >= 4 is 29.2 Å². The molecule has 12 heavy (non-hydrogen) atoms. The van der Waals surface area contributed by atoms with E-state index in [2.05, 4.69) is 0 Å². The van der Waals surface area contributed by atoms with Crippen molar-refractivity contribution in [2.45, 2.75) is 25.6 Å². The van der Waals surface area contributed by atoms with Crippen LogP contribution in [0.1, 0.15) is 20.3 Å². The molecule has 0 bridgehead atoms. The van der Waals surface area contributed by atoms with Crippen LogP contribution in [-0.2, 0) is 9.53 Å². The lowest BCUT2D eigenvalue weighted by atomic mass is 10.1. The van der Waals surface area contributed by atoms with Crippen molar-refractivity contribution in [1.82, 2.24) is 0 Å². The summed E-state index contributed by atoms with van der Waals surface area (Å²) in [6.45, 7) is 4.12. The molecular formula is C8H14Cl2O2. The van der Waals surface area contributed by atoms with E-state index in [-0.39, 0.29) is 18.0 Å². The minimum absolute atomic E-state index is 0.205. The fourth-order valence-corrected chi connectivity index (χ4v) is 0.772. The summed E-state index contributed by atoms with van der Waals surface area (Å²) in [7, 11) is 0. The van der Waals surface area contributed by atoms with Gasteiger partial charge in [0, 0.05) is 12.3 Å². The summed E-state index contributed by atoms with van der Waals surface area (Å²) >= 11 is 11.1. The first kappa shape index (κ1) is 12.0. The van der Waals surface area contributed by atoms with Crippen LogP contribution in [0.2, 0.25) is 0 Å². The molecule has 0 aromatic heterocycles. The Hall–Kier alpha value is 0.0500. The first-order chi connectivity index (χ1) is 5.56. The second kappa shape index (κ2) is 6.55. The molecule has 0 saturated carbocycles. The van der Waals surface area contributed by atoms with Crippen molar-refractivity contribution in [3.05, 3.63) is 0 Å². The SMILES string of the molecule is CC(C)CC(=O)OCC(Cl)CCl. The molecule has 0 aliphatic carbocycles. The average Bonchev–Trinajstić information content (AvgIpc) is 1.99. The third-order valence-electron chi connectivity index (χ3n) is 1.17. The fourth-order valence-electron chi connectivity index (χ4n) is 0.620. The third-order valence-corrected chi connectivity index (χ3v) is 1.98. The molecule has 0 N–H and O–H groups in total. The number of carbonyl (C=O) groups excluding carboxylic acids is 1.